The highest BCUT2D eigenvalue weighted by Gasteiger charge is 2.29. The minimum Gasteiger partial charge on any atom is -0.372 e. The van der Waals surface area contributed by atoms with Crippen molar-refractivity contribution in [1.82, 2.24) is 0 Å². The van der Waals surface area contributed by atoms with Gasteiger partial charge in [-0.15, -0.1) is 0 Å². The highest BCUT2D eigenvalue weighted by Crippen LogP contribution is 2.03. The van der Waals surface area contributed by atoms with Crippen molar-refractivity contribution in [2.45, 2.75) is 53.2 Å². The lowest BCUT2D eigenvalue weighted by molar-refractivity contribution is -0.571. The van der Waals surface area contributed by atoms with Gasteiger partial charge >= 0.3 is 0 Å². The molecule has 0 heterocycles. The molecule has 2 atom stereocenters. The molecule has 0 rings (SSSR count). The third-order valence-electron chi connectivity index (χ3n) is 2.70. The van der Waals surface area contributed by atoms with Crippen LogP contribution in [0.5, 0.6) is 0 Å². The van der Waals surface area contributed by atoms with E-state index in [4.69, 9.17) is 4.74 Å². The fourth-order valence-electron chi connectivity index (χ4n) is 1.28. The molecule has 16 heavy (non-hydrogen) atoms. The van der Waals surface area contributed by atoms with Gasteiger partial charge in [0.05, 0.1) is 6.10 Å². The Labute approximate surface area is 97.9 Å². The molecule has 4 heteroatoms. The van der Waals surface area contributed by atoms with Crippen molar-refractivity contribution >= 4 is 5.78 Å². The molecular weight excluding hydrogens is 206 g/mol. The maximum absolute atomic E-state index is 11.6. The zero-order valence-electron chi connectivity index (χ0n) is 11.0. The molecule has 0 saturated carbocycles. The largest absolute Gasteiger partial charge is 0.372 e. The summed E-state index contributed by atoms with van der Waals surface area (Å²) in [4.78, 5) is 23.1. The van der Waals surface area contributed by atoms with Gasteiger partial charge < -0.3 is 4.74 Å². The van der Waals surface area contributed by atoms with E-state index in [1.54, 1.807) is 6.92 Å². The second-order valence-electron chi connectivity index (χ2n) is 4.46. The third kappa shape index (κ3) is 5.35. The van der Waals surface area contributed by atoms with Crippen LogP contribution in [0.4, 0.5) is 0 Å². The van der Waals surface area contributed by atoms with Crippen LogP contribution < -0.4 is 0 Å². The van der Waals surface area contributed by atoms with Gasteiger partial charge in [-0.2, -0.15) is 0 Å². The number of rotatable bonds is 8. The van der Waals surface area contributed by atoms with E-state index in [2.05, 4.69) is 0 Å². The lowest BCUT2D eigenvalue weighted by atomic mass is 10.0. The first-order valence-electron chi connectivity index (χ1n) is 5.99. The van der Waals surface area contributed by atoms with Crippen LogP contribution in [0.25, 0.3) is 0 Å². The molecule has 0 fully saturated rings. The van der Waals surface area contributed by atoms with Crippen LogP contribution >= 0.6 is 0 Å². The molecule has 0 aliphatic rings. The van der Waals surface area contributed by atoms with Gasteiger partial charge in [-0.25, -0.2) is 0 Å². The van der Waals surface area contributed by atoms with Crippen molar-refractivity contribution < 1.29 is 14.3 Å². The maximum atomic E-state index is 11.6. The van der Waals surface area contributed by atoms with Gasteiger partial charge in [0.1, 0.15) is 6.61 Å². The van der Waals surface area contributed by atoms with Gasteiger partial charge in [0.25, 0.3) is 6.04 Å². The van der Waals surface area contributed by atoms with Gasteiger partial charge in [0.15, 0.2) is 0 Å². The summed E-state index contributed by atoms with van der Waals surface area (Å²) in [6.07, 6.45) is 1.10. The van der Waals surface area contributed by atoms with E-state index in [-0.39, 0.29) is 24.3 Å². The van der Waals surface area contributed by atoms with Crippen LogP contribution in [-0.4, -0.2) is 35.8 Å². The van der Waals surface area contributed by atoms with Crippen LogP contribution in [0.1, 0.15) is 41.0 Å². The molecule has 0 bridgehead atoms. The average Bonchev–Trinajstić information content (AvgIpc) is 2.26. The van der Waals surface area contributed by atoms with Crippen LogP contribution in [0, 0.1) is 10.8 Å². The number of hydrogen-bond acceptors (Lipinski definition) is 3. The molecule has 0 aliphatic carbocycles. The van der Waals surface area contributed by atoms with E-state index in [0.717, 1.165) is 11.2 Å². The number of carbonyl (C=O) groups is 1. The van der Waals surface area contributed by atoms with E-state index in [9.17, 15) is 9.70 Å². The van der Waals surface area contributed by atoms with E-state index in [1.165, 1.54) is 0 Å². The van der Waals surface area contributed by atoms with E-state index >= 15 is 0 Å². The molecule has 94 valence electrons. The second kappa shape index (κ2) is 7.49. The van der Waals surface area contributed by atoms with Crippen molar-refractivity contribution in [3.63, 3.8) is 0 Å². The third-order valence-corrected chi connectivity index (χ3v) is 2.70. The van der Waals surface area contributed by atoms with Crippen molar-refractivity contribution in [3.8, 4) is 0 Å². The Balaban J connectivity index is 3.93. The first-order valence-corrected chi connectivity index (χ1v) is 5.99. The number of Topliss-reactive ketones (excluding diaryl/α,β-unsaturated/α-hetero) is 1. The minimum atomic E-state index is -0.569. The number of hydrogen-bond donors (Lipinski definition) is 0. The Morgan fingerprint density at radius 3 is 2.25 bits per heavy atom. The SMILES string of the molecule is CCC(C)OCC[N+](=O)C(C)C(=O)C(C)C. The average molecular weight is 230 g/mol. The summed E-state index contributed by atoms with van der Waals surface area (Å²) in [5.41, 5.74) is 0. The molecule has 4 nitrogen and oxygen atoms in total. The molecule has 0 aromatic rings. The molecule has 0 amide bonds. The van der Waals surface area contributed by atoms with Crippen molar-refractivity contribution in [1.29, 1.82) is 0 Å². The first-order chi connectivity index (χ1) is 7.40. The normalized spacial score (nSPS) is 14.9. The second-order valence-corrected chi connectivity index (χ2v) is 4.46. The fourth-order valence-corrected chi connectivity index (χ4v) is 1.28. The summed E-state index contributed by atoms with van der Waals surface area (Å²) in [6, 6.07) is -0.569. The van der Waals surface area contributed by atoms with Crippen LogP contribution in [0.2, 0.25) is 0 Å². The summed E-state index contributed by atoms with van der Waals surface area (Å²) < 4.78 is 6.21. The van der Waals surface area contributed by atoms with Gasteiger partial charge in [-0.3, -0.25) is 4.79 Å². The molecule has 0 aliphatic heterocycles. The van der Waals surface area contributed by atoms with E-state index in [1.807, 2.05) is 27.7 Å². The van der Waals surface area contributed by atoms with Gasteiger partial charge in [0.2, 0.25) is 12.3 Å². The zero-order valence-corrected chi connectivity index (χ0v) is 11.0. The lowest BCUT2D eigenvalue weighted by Gasteiger charge is -2.09. The van der Waals surface area contributed by atoms with E-state index < -0.39 is 6.04 Å². The summed E-state index contributed by atoms with van der Waals surface area (Å²) >= 11 is 0. The smallest absolute Gasteiger partial charge is 0.256 e. The topological polar surface area (TPSA) is 46.4 Å². The number of nitroso groups, excluding NO2 is 1. The Morgan fingerprint density at radius 2 is 1.81 bits per heavy atom. The number of ketones is 1. The maximum Gasteiger partial charge on any atom is 0.256 e. The minimum absolute atomic E-state index is 0.0152. The Morgan fingerprint density at radius 1 is 1.25 bits per heavy atom. The zero-order chi connectivity index (χ0) is 12.7. The summed E-state index contributed by atoms with van der Waals surface area (Å²) in [5, 5.41) is 0. The molecule has 0 N–H and O–H groups in total. The quantitative estimate of drug-likeness (QED) is 0.600. The molecular formula is C12H24NO3+. The number of carbonyl (C=O) groups excluding carboxylic acids is 1. The van der Waals surface area contributed by atoms with Crippen molar-refractivity contribution in [3.05, 3.63) is 4.91 Å². The van der Waals surface area contributed by atoms with Gasteiger partial charge in [-0.1, -0.05) is 20.8 Å². The predicted octanol–water partition coefficient (Wildman–Crippen LogP) is 2.19. The molecule has 2 unspecified atom stereocenters. The molecule has 0 saturated heterocycles. The summed E-state index contributed by atoms with van der Waals surface area (Å²) in [7, 11) is 0. The van der Waals surface area contributed by atoms with Gasteiger partial charge in [-0.05, 0) is 13.3 Å². The Kier molecular flexibility index (Phi) is 7.13. The highest BCUT2D eigenvalue weighted by molar-refractivity contribution is 5.84. The molecule has 0 aromatic heterocycles. The van der Waals surface area contributed by atoms with Crippen LogP contribution in [0.15, 0.2) is 0 Å². The highest BCUT2D eigenvalue weighted by atomic mass is 16.5. The van der Waals surface area contributed by atoms with Gasteiger partial charge in [0, 0.05) is 22.5 Å². The predicted molar refractivity (Wildman–Crippen MR) is 63.5 cm³/mol. The number of ether oxygens (including phenoxy) is 1. The molecule has 0 spiro atoms. The Hall–Kier alpha value is -0.770. The van der Waals surface area contributed by atoms with Crippen molar-refractivity contribution in [2.75, 3.05) is 13.2 Å². The van der Waals surface area contributed by atoms with Crippen LogP contribution in [0.3, 0.4) is 0 Å². The summed E-state index contributed by atoms with van der Waals surface area (Å²) in [6.45, 7) is 9.91. The monoisotopic (exact) mass is 230 g/mol. The molecule has 0 radical (unpaired) electrons. The Bertz CT molecular complexity index is 238. The lowest BCUT2D eigenvalue weighted by Crippen LogP contribution is -2.34. The fraction of sp³-hybridized carbons (Fsp3) is 0.917. The van der Waals surface area contributed by atoms with E-state index in [0.29, 0.717) is 6.61 Å². The standard InChI is InChI=1S/C12H24NO3/c1-6-10(4)16-8-7-13(15)11(5)12(14)9(2)3/h9-11H,6-8H2,1-5H3/q+1. The molecule has 0 aromatic carbocycles. The van der Waals surface area contributed by atoms with Crippen LogP contribution in [-0.2, 0) is 9.53 Å². The van der Waals surface area contributed by atoms with Crippen molar-refractivity contribution in [2.24, 2.45) is 5.92 Å². The number of nitrogens with zero attached hydrogens (tertiary/aromatic N) is 1. The first kappa shape index (κ1) is 15.2. The summed E-state index contributed by atoms with van der Waals surface area (Å²) in [5.74, 6) is -0.111.